The Balaban J connectivity index is 2.33. The summed E-state index contributed by atoms with van der Waals surface area (Å²) >= 11 is 0. The number of aliphatic hydroxyl groups is 1. The van der Waals surface area contributed by atoms with Crippen molar-refractivity contribution in [1.29, 1.82) is 0 Å². The maximum Gasteiger partial charge on any atom is 0.231 e. The molecular formula is C9H7O5-. The third kappa shape index (κ3) is 1.38. The minimum Gasteiger partial charge on any atom is -0.547 e. The van der Waals surface area contributed by atoms with E-state index in [1.807, 2.05) is 0 Å². The lowest BCUT2D eigenvalue weighted by atomic mass is 10.1. The third-order valence-electron chi connectivity index (χ3n) is 1.94. The first-order chi connectivity index (χ1) is 6.68. The molecule has 1 atom stereocenters. The number of hydrogen-bond acceptors (Lipinski definition) is 5. The SMILES string of the molecule is O=C([O-])[C@@H](O)c1ccc2c(c1)OCO2. The van der Waals surface area contributed by atoms with Gasteiger partial charge < -0.3 is 24.5 Å². The first-order valence-corrected chi connectivity index (χ1v) is 3.97. The fourth-order valence-corrected chi connectivity index (χ4v) is 1.22. The first-order valence-electron chi connectivity index (χ1n) is 3.97. The number of carbonyl (C=O) groups is 1. The van der Waals surface area contributed by atoms with Crippen molar-refractivity contribution in [1.82, 2.24) is 0 Å². The van der Waals surface area contributed by atoms with Crippen molar-refractivity contribution < 1.29 is 24.5 Å². The van der Waals surface area contributed by atoms with Gasteiger partial charge in [-0.25, -0.2) is 0 Å². The van der Waals surface area contributed by atoms with E-state index in [-0.39, 0.29) is 12.4 Å². The molecule has 5 nitrogen and oxygen atoms in total. The summed E-state index contributed by atoms with van der Waals surface area (Å²) in [6, 6.07) is 4.42. The van der Waals surface area contributed by atoms with Gasteiger partial charge in [-0.2, -0.15) is 0 Å². The largest absolute Gasteiger partial charge is 0.547 e. The van der Waals surface area contributed by atoms with Crippen LogP contribution in [0.4, 0.5) is 0 Å². The summed E-state index contributed by atoms with van der Waals surface area (Å²) in [5.74, 6) is -0.564. The second-order valence-electron chi connectivity index (χ2n) is 2.83. The highest BCUT2D eigenvalue weighted by Gasteiger charge is 2.16. The molecule has 1 aliphatic rings. The molecule has 0 amide bonds. The van der Waals surface area contributed by atoms with E-state index in [2.05, 4.69) is 0 Å². The zero-order valence-electron chi connectivity index (χ0n) is 7.10. The van der Waals surface area contributed by atoms with Crippen molar-refractivity contribution in [3.05, 3.63) is 23.8 Å². The summed E-state index contributed by atoms with van der Waals surface area (Å²) in [6.45, 7) is 0.111. The van der Waals surface area contributed by atoms with E-state index < -0.39 is 12.1 Å². The molecule has 0 aliphatic carbocycles. The average molecular weight is 195 g/mol. The molecule has 0 saturated carbocycles. The monoisotopic (exact) mass is 195 g/mol. The number of ether oxygens (including phenoxy) is 2. The Morgan fingerprint density at radius 1 is 1.43 bits per heavy atom. The molecule has 1 aromatic carbocycles. The van der Waals surface area contributed by atoms with Crippen LogP contribution in [-0.4, -0.2) is 17.9 Å². The quantitative estimate of drug-likeness (QED) is 0.668. The summed E-state index contributed by atoms with van der Waals surface area (Å²) in [7, 11) is 0. The van der Waals surface area contributed by atoms with Crippen LogP contribution in [0.25, 0.3) is 0 Å². The summed E-state index contributed by atoms with van der Waals surface area (Å²) in [5.41, 5.74) is 0.217. The van der Waals surface area contributed by atoms with Gasteiger partial charge in [-0.1, -0.05) is 6.07 Å². The van der Waals surface area contributed by atoms with Crippen LogP contribution >= 0.6 is 0 Å². The van der Waals surface area contributed by atoms with E-state index in [9.17, 15) is 15.0 Å². The Kier molecular flexibility index (Phi) is 2.01. The van der Waals surface area contributed by atoms with Crippen molar-refractivity contribution in [2.24, 2.45) is 0 Å². The van der Waals surface area contributed by atoms with Crippen LogP contribution < -0.4 is 14.6 Å². The van der Waals surface area contributed by atoms with Gasteiger partial charge in [0.25, 0.3) is 0 Å². The molecule has 0 spiro atoms. The molecular weight excluding hydrogens is 188 g/mol. The zero-order valence-corrected chi connectivity index (χ0v) is 7.10. The molecule has 14 heavy (non-hydrogen) atoms. The fraction of sp³-hybridized carbons (Fsp3) is 0.222. The lowest BCUT2D eigenvalue weighted by molar-refractivity contribution is -0.315. The first kappa shape index (κ1) is 8.83. The number of carboxylic acid groups (broad SMARTS) is 1. The molecule has 74 valence electrons. The summed E-state index contributed by atoms with van der Waals surface area (Å²) in [6.07, 6.45) is -1.63. The highest BCUT2D eigenvalue weighted by Crippen LogP contribution is 2.33. The molecule has 0 radical (unpaired) electrons. The van der Waals surface area contributed by atoms with Crippen LogP contribution in [0.3, 0.4) is 0 Å². The van der Waals surface area contributed by atoms with Gasteiger partial charge in [0.05, 0.1) is 5.97 Å². The van der Waals surface area contributed by atoms with E-state index in [1.165, 1.54) is 12.1 Å². The molecule has 2 rings (SSSR count). The number of fused-ring (bicyclic) bond motifs is 1. The van der Waals surface area contributed by atoms with E-state index in [0.29, 0.717) is 11.5 Å². The Hall–Kier alpha value is -1.75. The maximum atomic E-state index is 10.4. The van der Waals surface area contributed by atoms with Gasteiger partial charge in [0.2, 0.25) is 6.79 Å². The minimum atomic E-state index is -1.63. The predicted molar refractivity (Wildman–Crippen MR) is 42.5 cm³/mol. The molecule has 1 aromatic rings. The van der Waals surface area contributed by atoms with Gasteiger partial charge in [-0.3, -0.25) is 0 Å². The Morgan fingerprint density at radius 2 is 2.14 bits per heavy atom. The fourth-order valence-electron chi connectivity index (χ4n) is 1.22. The van der Waals surface area contributed by atoms with Crippen LogP contribution in [0, 0.1) is 0 Å². The standard InChI is InChI=1S/C9H8O5/c10-8(9(11)12)5-1-2-6-7(3-5)14-4-13-6/h1-3,8,10H,4H2,(H,11,12)/p-1/t8-/m0/s1. The van der Waals surface area contributed by atoms with Crippen LogP contribution in [0.1, 0.15) is 11.7 Å². The smallest absolute Gasteiger partial charge is 0.231 e. The molecule has 0 unspecified atom stereocenters. The van der Waals surface area contributed by atoms with Crippen LogP contribution in [0.5, 0.6) is 11.5 Å². The predicted octanol–water partition coefficient (Wildman–Crippen LogP) is -0.801. The van der Waals surface area contributed by atoms with Gasteiger partial charge in [-0.15, -0.1) is 0 Å². The highest BCUT2D eigenvalue weighted by atomic mass is 16.7. The lowest BCUT2D eigenvalue weighted by Crippen LogP contribution is -2.29. The second-order valence-corrected chi connectivity index (χ2v) is 2.83. The molecule has 5 heteroatoms. The number of aliphatic carboxylic acids is 1. The number of rotatable bonds is 2. The molecule has 0 bridgehead atoms. The minimum absolute atomic E-state index is 0.111. The Labute approximate surface area is 79.5 Å². The van der Waals surface area contributed by atoms with Crippen molar-refractivity contribution in [2.45, 2.75) is 6.10 Å². The molecule has 0 saturated heterocycles. The third-order valence-corrected chi connectivity index (χ3v) is 1.94. The lowest BCUT2D eigenvalue weighted by Gasteiger charge is -2.11. The van der Waals surface area contributed by atoms with Gasteiger partial charge in [-0.05, 0) is 17.7 Å². The molecule has 1 heterocycles. The molecule has 0 fully saturated rings. The second kappa shape index (κ2) is 3.19. The normalized spacial score (nSPS) is 15.2. The Bertz CT molecular complexity index is 373. The Morgan fingerprint density at radius 3 is 2.86 bits per heavy atom. The number of carboxylic acids is 1. The van der Waals surface area contributed by atoms with Crippen LogP contribution in [0.2, 0.25) is 0 Å². The van der Waals surface area contributed by atoms with E-state index in [0.717, 1.165) is 0 Å². The number of benzene rings is 1. The van der Waals surface area contributed by atoms with Gasteiger partial charge in [0.15, 0.2) is 11.5 Å². The topological polar surface area (TPSA) is 78.8 Å². The van der Waals surface area contributed by atoms with Gasteiger partial charge in [0.1, 0.15) is 6.10 Å². The van der Waals surface area contributed by atoms with Gasteiger partial charge >= 0.3 is 0 Å². The summed E-state index contributed by atoms with van der Waals surface area (Å²) in [5, 5.41) is 19.5. The number of carbonyl (C=O) groups excluding carboxylic acids is 1. The van der Waals surface area contributed by atoms with Gasteiger partial charge in [0, 0.05) is 0 Å². The molecule has 1 aliphatic heterocycles. The van der Waals surface area contributed by atoms with Crippen molar-refractivity contribution in [3.8, 4) is 11.5 Å². The van der Waals surface area contributed by atoms with Crippen LogP contribution in [-0.2, 0) is 4.79 Å². The highest BCUT2D eigenvalue weighted by molar-refractivity contribution is 5.72. The number of aliphatic hydroxyl groups excluding tert-OH is 1. The van der Waals surface area contributed by atoms with Crippen LogP contribution in [0.15, 0.2) is 18.2 Å². The van der Waals surface area contributed by atoms with E-state index >= 15 is 0 Å². The zero-order chi connectivity index (χ0) is 10.1. The summed E-state index contributed by atoms with van der Waals surface area (Å²) in [4.78, 5) is 10.4. The van der Waals surface area contributed by atoms with Crippen molar-refractivity contribution in [2.75, 3.05) is 6.79 Å². The van der Waals surface area contributed by atoms with E-state index in [1.54, 1.807) is 6.07 Å². The number of hydrogen-bond donors (Lipinski definition) is 1. The van der Waals surface area contributed by atoms with Crippen molar-refractivity contribution >= 4 is 5.97 Å². The molecule has 1 N–H and O–H groups in total. The average Bonchev–Trinajstić information content (AvgIpc) is 2.62. The van der Waals surface area contributed by atoms with Crippen molar-refractivity contribution in [3.63, 3.8) is 0 Å². The summed E-state index contributed by atoms with van der Waals surface area (Å²) < 4.78 is 10.0. The molecule has 0 aromatic heterocycles. The van der Waals surface area contributed by atoms with E-state index in [4.69, 9.17) is 9.47 Å². The maximum absolute atomic E-state index is 10.4.